The Kier molecular flexibility index (Phi) is 4.43. The summed E-state index contributed by atoms with van der Waals surface area (Å²) in [4.78, 5) is 15.8. The molecule has 1 atom stereocenters. The number of rotatable bonds is 4. The lowest BCUT2D eigenvalue weighted by Crippen LogP contribution is -2.20. The quantitative estimate of drug-likeness (QED) is 0.811. The second-order valence-electron chi connectivity index (χ2n) is 4.26. The maximum Gasteiger partial charge on any atom is 0.225 e. The zero-order valence-electron chi connectivity index (χ0n) is 10.1. The minimum atomic E-state index is -0.0320. The summed E-state index contributed by atoms with van der Waals surface area (Å²) in [7, 11) is 0. The first kappa shape index (κ1) is 12.6. The van der Waals surface area contributed by atoms with Crippen molar-refractivity contribution in [1.29, 1.82) is 0 Å². The fourth-order valence-electron chi connectivity index (χ4n) is 1.50. The van der Waals surface area contributed by atoms with E-state index in [1.165, 1.54) is 0 Å². The summed E-state index contributed by atoms with van der Waals surface area (Å²) in [5.41, 5.74) is 7.46. The lowest BCUT2D eigenvalue weighted by atomic mass is 10.1. The van der Waals surface area contributed by atoms with Gasteiger partial charge in [0.05, 0.1) is 0 Å². The summed E-state index contributed by atoms with van der Waals surface area (Å²) in [6.45, 7) is 6.36. The van der Waals surface area contributed by atoms with Crippen LogP contribution in [0.3, 0.4) is 0 Å². The molecule has 88 valence electrons. The number of hydrogen-bond acceptors (Lipinski definition) is 3. The van der Waals surface area contributed by atoms with Gasteiger partial charge in [-0.1, -0.05) is 6.92 Å². The number of carbonyl (C=O) groups excluding carboxylic acids is 1. The number of hydrogen-bond donors (Lipinski definition) is 2. The van der Waals surface area contributed by atoms with Gasteiger partial charge in [0.25, 0.3) is 0 Å². The topological polar surface area (TPSA) is 68.0 Å². The van der Waals surface area contributed by atoms with Gasteiger partial charge in [-0.3, -0.25) is 4.79 Å². The van der Waals surface area contributed by atoms with Crippen molar-refractivity contribution in [3.63, 3.8) is 0 Å². The van der Waals surface area contributed by atoms with Crippen molar-refractivity contribution in [3.8, 4) is 0 Å². The van der Waals surface area contributed by atoms with Crippen molar-refractivity contribution in [3.05, 3.63) is 23.4 Å². The number of nitrogens with one attached hydrogen (secondary N) is 1. The molecule has 1 aromatic heterocycles. The minimum Gasteiger partial charge on any atom is -0.330 e. The molecule has 0 fully saturated rings. The summed E-state index contributed by atoms with van der Waals surface area (Å²) in [6.07, 6.45) is 0.436. The van der Waals surface area contributed by atoms with Crippen molar-refractivity contribution in [2.45, 2.75) is 27.2 Å². The van der Waals surface area contributed by atoms with Crippen LogP contribution in [-0.4, -0.2) is 17.4 Å². The van der Waals surface area contributed by atoms with E-state index in [0.29, 0.717) is 18.8 Å². The minimum absolute atomic E-state index is 0.0320. The zero-order chi connectivity index (χ0) is 12.1. The number of nitrogens with zero attached hydrogens (tertiary/aromatic N) is 1. The molecule has 0 saturated carbocycles. The molecule has 1 rings (SSSR count). The molecule has 0 aromatic carbocycles. The molecule has 0 bridgehead atoms. The van der Waals surface area contributed by atoms with Crippen molar-refractivity contribution < 1.29 is 4.79 Å². The molecule has 1 aromatic rings. The van der Waals surface area contributed by atoms with Crippen LogP contribution in [0.5, 0.6) is 0 Å². The van der Waals surface area contributed by atoms with E-state index in [9.17, 15) is 4.79 Å². The van der Waals surface area contributed by atoms with Crippen LogP contribution >= 0.6 is 0 Å². The first-order valence-corrected chi connectivity index (χ1v) is 5.46. The van der Waals surface area contributed by atoms with Crippen molar-refractivity contribution in [1.82, 2.24) is 4.98 Å². The van der Waals surface area contributed by atoms with Crippen molar-refractivity contribution in [2.24, 2.45) is 11.7 Å². The van der Waals surface area contributed by atoms with Gasteiger partial charge >= 0.3 is 0 Å². The number of aryl methyl sites for hydroxylation is 2. The van der Waals surface area contributed by atoms with Crippen LogP contribution in [0.25, 0.3) is 0 Å². The monoisotopic (exact) mass is 221 g/mol. The fourth-order valence-corrected chi connectivity index (χ4v) is 1.50. The molecular formula is C12H19N3O. The third kappa shape index (κ3) is 3.98. The molecule has 3 N–H and O–H groups in total. The molecule has 0 aliphatic heterocycles. The molecule has 4 heteroatoms. The Hall–Kier alpha value is -1.42. The highest BCUT2D eigenvalue weighted by atomic mass is 16.1. The zero-order valence-corrected chi connectivity index (χ0v) is 10.1. The van der Waals surface area contributed by atoms with Gasteiger partial charge in [-0.15, -0.1) is 0 Å². The number of nitrogens with two attached hydrogens (primary N) is 1. The average molecular weight is 221 g/mol. The molecule has 0 radical (unpaired) electrons. The summed E-state index contributed by atoms with van der Waals surface area (Å²) in [6, 6.07) is 3.83. The van der Waals surface area contributed by atoms with Gasteiger partial charge in [-0.05, 0) is 44.0 Å². The predicted molar refractivity (Wildman–Crippen MR) is 65.2 cm³/mol. The largest absolute Gasteiger partial charge is 0.330 e. The van der Waals surface area contributed by atoms with E-state index < -0.39 is 0 Å². The summed E-state index contributed by atoms with van der Waals surface area (Å²) in [5.74, 6) is 0.785. The maximum absolute atomic E-state index is 11.6. The van der Waals surface area contributed by atoms with Crippen LogP contribution < -0.4 is 11.1 Å². The fraction of sp³-hybridized carbons (Fsp3) is 0.500. The van der Waals surface area contributed by atoms with Gasteiger partial charge < -0.3 is 11.1 Å². The van der Waals surface area contributed by atoms with Crippen molar-refractivity contribution in [2.75, 3.05) is 11.9 Å². The SMILES string of the molecule is Cc1cc(C)nc(NC(=O)CC(C)CN)c1. The third-order valence-corrected chi connectivity index (χ3v) is 2.30. The van der Waals surface area contributed by atoms with Gasteiger partial charge in [0.2, 0.25) is 5.91 Å². The van der Waals surface area contributed by atoms with Crippen LogP contribution in [0, 0.1) is 19.8 Å². The van der Waals surface area contributed by atoms with E-state index in [2.05, 4.69) is 10.3 Å². The Labute approximate surface area is 96.3 Å². The lowest BCUT2D eigenvalue weighted by Gasteiger charge is -2.09. The second kappa shape index (κ2) is 5.61. The molecule has 16 heavy (non-hydrogen) atoms. The summed E-state index contributed by atoms with van der Waals surface area (Å²) < 4.78 is 0. The number of amides is 1. The van der Waals surface area contributed by atoms with E-state index in [4.69, 9.17) is 5.73 Å². The molecule has 0 spiro atoms. The Morgan fingerprint density at radius 2 is 2.19 bits per heavy atom. The van der Waals surface area contributed by atoms with Crippen LogP contribution in [-0.2, 0) is 4.79 Å². The van der Waals surface area contributed by atoms with Crippen LogP contribution in [0.15, 0.2) is 12.1 Å². The van der Waals surface area contributed by atoms with E-state index in [-0.39, 0.29) is 11.8 Å². The van der Waals surface area contributed by atoms with E-state index in [1.807, 2.05) is 32.9 Å². The van der Waals surface area contributed by atoms with Crippen LogP contribution in [0.4, 0.5) is 5.82 Å². The molecule has 0 aliphatic rings. The Bertz CT molecular complexity index is 356. The standard InChI is InChI=1S/C12H19N3O/c1-8-4-10(3)14-11(5-8)15-12(16)6-9(2)7-13/h4-5,9H,6-7,13H2,1-3H3,(H,14,15,16). The number of carbonyl (C=O) groups is 1. The van der Waals surface area contributed by atoms with E-state index >= 15 is 0 Å². The third-order valence-electron chi connectivity index (χ3n) is 2.30. The smallest absolute Gasteiger partial charge is 0.225 e. The Morgan fingerprint density at radius 1 is 1.50 bits per heavy atom. The van der Waals surface area contributed by atoms with Gasteiger partial charge in [0.1, 0.15) is 5.82 Å². The van der Waals surface area contributed by atoms with Crippen molar-refractivity contribution >= 4 is 11.7 Å². The van der Waals surface area contributed by atoms with Crippen LogP contribution in [0.1, 0.15) is 24.6 Å². The molecule has 1 unspecified atom stereocenters. The molecule has 1 heterocycles. The number of aromatic nitrogens is 1. The number of anilines is 1. The highest BCUT2D eigenvalue weighted by molar-refractivity contribution is 5.89. The van der Waals surface area contributed by atoms with Gasteiger partial charge in [-0.2, -0.15) is 0 Å². The first-order valence-electron chi connectivity index (χ1n) is 5.46. The highest BCUT2D eigenvalue weighted by Crippen LogP contribution is 2.10. The summed E-state index contributed by atoms with van der Waals surface area (Å²) in [5, 5.41) is 2.78. The van der Waals surface area contributed by atoms with Crippen LogP contribution in [0.2, 0.25) is 0 Å². The first-order chi connectivity index (χ1) is 7.51. The maximum atomic E-state index is 11.6. The normalized spacial score (nSPS) is 12.2. The molecule has 0 aliphatic carbocycles. The number of pyridine rings is 1. The van der Waals surface area contributed by atoms with Gasteiger partial charge in [-0.25, -0.2) is 4.98 Å². The summed E-state index contributed by atoms with van der Waals surface area (Å²) >= 11 is 0. The molecule has 0 saturated heterocycles. The average Bonchev–Trinajstić information content (AvgIpc) is 2.15. The Balaban J connectivity index is 2.62. The Morgan fingerprint density at radius 3 is 2.75 bits per heavy atom. The second-order valence-corrected chi connectivity index (χ2v) is 4.26. The van der Waals surface area contributed by atoms with Gasteiger partial charge in [0.15, 0.2) is 0 Å². The van der Waals surface area contributed by atoms with Gasteiger partial charge in [0, 0.05) is 12.1 Å². The molecular weight excluding hydrogens is 202 g/mol. The van der Waals surface area contributed by atoms with E-state index in [0.717, 1.165) is 11.3 Å². The molecule has 1 amide bonds. The van der Waals surface area contributed by atoms with E-state index in [1.54, 1.807) is 0 Å². The lowest BCUT2D eigenvalue weighted by molar-refractivity contribution is -0.116. The molecule has 4 nitrogen and oxygen atoms in total. The highest BCUT2D eigenvalue weighted by Gasteiger charge is 2.08. The predicted octanol–water partition coefficient (Wildman–Crippen LogP) is 1.62.